The molecule has 0 radical (unpaired) electrons. The zero-order chi connectivity index (χ0) is 32.4. The van der Waals surface area contributed by atoms with E-state index in [1.54, 1.807) is 63.2 Å². The van der Waals surface area contributed by atoms with Crippen LogP contribution in [0, 0.1) is 17.0 Å². The summed E-state index contributed by atoms with van der Waals surface area (Å²) in [6.45, 7) is 5.26. The first-order valence-electron chi connectivity index (χ1n) is 13.7. The second kappa shape index (κ2) is 13.3. The van der Waals surface area contributed by atoms with E-state index in [4.69, 9.17) is 37.4 Å². The fraction of sp³-hybridized carbons (Fsp3) is 0.219. The van der Waals surface area contributed by atoms with Crippen LogP contribution in [0.5, 0.6) is 11.5 Å². The van der Waals surface area contributed by atoms with E-state index in [1.165, 1.54) is 17.7 Å². The molecule has 1 unspecified atom stereocenters. The van der Waals surface area contributed by atoms with Crippen LogP contribution in [-0.2, 0) is 16.1 Å². The van der Waals surface area contributed by atoms with Crippen molar-refractivity contribution in [3.8, 4) is 11.5 Å². The average Bonchev–Trinajstić information content (AvgIpc) is 3.30. The van der Waals surface area contributed by atoms with Gasteiger partial charge in [-0.05, 0) is 67.8 Å². The Bertz CT molecular complexity index is 2030. The molecule has 0 N–H and O–H groups in total. The highest BCUT2D eigenvalue weighted by Gasteiger charge is 2.34. The molecule has 10 nitrogen and oxygen atoms in total. The number of methoxy groups -OCH3 is 1. The fourth-order valence-electron chi connectivity index (χ4n) is 4.95. The van der Waals surface area contributed by atoms with E-state index >= 15 is 0 Å². The van der Waals surface area contributed by atoms with Crippen molar-refractivity contribution < 1.29 is 23.9 Å². The number of thiazole rings is 1. The summed E-state index contributed by atoms with van der Waals surface area (Å²) in [4.78, 5) is 43.3. The largest absolute Gasteiger partial charge is 0.493 e. The maximum absolute atomic E-state index is 14.0. The Morgan fingerprint density at radius 2 is 1.87 bits per heavy atom. The molecular weight excluding hydrogens is 641 g/mol. The van der Waals surface area contributed by atoms with Gasteiger partial charge < -0.3 is 14.2 Å². The molecule has 1 atom stereocenters. The van der Waals surface area contributed by atoms with Crippen LogP contribution in [0.4, 0.5) is 5.69 Å². The summed E-state index contributed by atoms with van der Waals surface area (Å²) < 4.78 is 18.5. The number of hydrogen-bond acceptors (Lipinski definition) is 9. The first kappa shape index (κ1) is 32.0. The first-order chi connectivity index (χ1) is 21.5. The lowest BCUT2D eigenvalue weighted by Crippen LogP contribution is -2.40. The third-order valence-electron chi connectivity index (χ3n) is 7.11. The molecule has 0 amide bonds. The number of rotatable bonds is 9. The molecule has 1 aliphatic heterocycles. The molecule has 4 aromatic rings. The van der Waals surface area contributed by atoms with Gasteiger partial charge in [0.15, 0.2) is 16.3 Å². The highest BCUT2D eigenvalue weighted by Crippen LogP contribution is 2.37. The topological polar surface area (TPSA) is 122 Å². The van der Waals surface area contributed by atoms with Gasteiger partial charge in [0, 0.05) is 16.7 Å². The Balaban J connectivity index is 1.60. The number of ether oxygens (including phenoxy) is 3. The summed E-state index contributed by atoms with van der Waals surface area (Å²) >= 11 is 13.7. The number of aromatic nitrogens is 1. The van der Waals surface area contributed by atoms with Crippen molar-refractivity contribution in [2.24, 2.45) is 4.99 Å². The smallest absolute Gasteiger partial charge is 0.338 e. The van der Waals surface area contributed by atoms with Crippen LogP contribution in [0.15, 0.2) is 75.7 Å². The third kappa shape index (κ3) is 6.51. The maximum Gasteiger partial charge on any atom is 0.338 e. The van der Waals surface area contributed by atoms with Gasteiger partial charge in [-0.2, -0.15) is 0 Å². The van der Waals surface area contributed by atoms with Crippen molar-refractivity contribution in [2.75, 3.05) is 13.7 Å². The number of aryl methyl sites for hydroxylation is 1. The van der Waals surface area contributed by atoms with Crippen LogP contribution in [0.25, 0.3) is 6.08 Å². The minimum absolute atomic E-state index is 0.100. The minimum Gasteiger partial charge on any atom is -0.493 e. The van der Waals surface area contributed by atoms with Gasteiger partial charge in [-0.15, -0.1) is 0 Å². The summed E-state index contributed by atoms with van der Waals surface area (Å²) in [5.74, 6) is 0.0381. The standard InChI is InChI=1S/C32H27Cl2N3O7S/c1-5-43-31(39)27-18(3)35-32-36(28(27)21-9-6-17(2)24(15-21)37(40)41)30(38)26(45-32)14-20-12-23(34)29(25(13-20)42-4)44-16-19-7-10-22(33)11-8-19/h6-15,28H,5,16H2,1-4H3. The number of carbonyl (C=O) groups is 1. The SMILES string of the molecule is CCOC(=O)C1=C(C)N=c2sc(=Cc3cc(Cl)c(OCc4ccc(Cl)cc4)c(OC)c3)c(=O)n2C1c1ccc(C)c([N+](=O)[O-])c1. The average molecular weight is 669 g/mol. The zero-order valence-electron chi connectivity index (χ0n) is 24.6. The lowest BCUT2D eigenvalue weighted by atomic mass is 9.94. The number of nitro groups is 1. The number of esters is 1. The monoisotopic (exact) mass is 667 g/mol. The molecule has 0 bridgehead atoms. The quantitative estimate of drug-likeness (QED) is 0.124. The number of nitro benzene ring substituents is 1. The molecule has 232 valence electrons. The van der Waals surface area contributed by atoms with Crippen LogP contribution in [0.3, 0.4) is 0 Å². The minimum atomic E-state index is -0.997. The lowest BCUT2D eigenvalue weighted by molar-refractivity contribution is -0.385. The predicted octanol–water partition coefficient (Wildman–Crippen LogP) is 5.91. The molecule has 5 rings (SSSR count). The fourth-order valence-corrected chi connectivity index (χ4v) is 6.40. The number of halogens is 2. The van der Waals surface area contributed by atoms with Crippen molar-refractivity contribution in [1.29, 1.82) is 0 Å². The van der Waals surface area contributed by atoms with E-state index in [1.807, 2.05) is 12.1 Å². The van der Waals surface area contributed by atoms with Gasteiger partial charge in [-0.3, -0.25) is 19.5 Å². The summed E-state index contributed by atoms with van der Waals surface area (Å²) in [7, 11) is 1.49. The van der Waals surface area contributed by atoms with Crippen molar-refractivity contribution in [1.82, 2.24) is 4.57 Å². The van der Waals surface area contributed by atoms with E-state index in [2.05, 4.69) is 4.99 Å². The van der Waals surface area contributed by atoms with Gasteiger partial charge in [0.2, 0.25) is 0 Å². The van der Waals surface area contributed by atoms with Crippen molar-refractivity contribution >= 4 is 52.3 Å². The normalized spacial score (nSPS) is 14.5. The van der Waals surface area contributed by atoms with Crippen LogP contribution < -0.4 is 24.4 Å². The molecule has 45 heavy (non-hydrogen) atoms. The van der Waals surface area contributed by atoms with Gasteiger partial charge in [0.05, 0.1) is 45.5 Å². The van der Waals surface area contributed by atoms with Crippen molar-refractivity contribution in [3.05, 3.63) is 128 Å². The third-order valence-corrected chi connectivity index (χ3v) is 8.62. The van der Waals surface area contributed by atoms with E-state index < -0.39 is 22.5 Å². The molecule has 0 saturated carbocycles. The van der Waals surface area contributed by atoms with Gasteiger partial charge in [-0.1, -0.05) is 58.8 Å². The van der Waals surface area contributed by atoms with E-state index in [0.29, 0.717) is 48.2 Å². The zero-order valence-corrected chi connectivity index (χ0v) is 27.0. The van der Waals surface area contributed by atoms with E-state index in [-0.39, 0.29) is 29.5 Å². The first-order valence-corrected chi connectivity index (χ1v) is 15.3. The van der Waals surface area contributed by atoms with Crippen LogP contribution in [0.2, 0.25) is 10.0 Å². The molecule has 1 aromatic heterocycles. The highest BCUT2D eigenvalue weighted by atomic mass is 35.5. The molecule has 0 aliphatic carbocycles. The summed E-state index contributed by atoms with van der Waals surface area (Å²) in [6, 6.07) is 14.2. The summed E-state index contributed by atoms with van der Waals surface area (Å²) in [5.41, 5.74) is 2.16. The second-order valence-electron chi connectivity index (χ2n) is 10.1. The van der Waals surface area contributed by atoms with Gasteiger partial charge in [-0.25, -0.2) is 9.79 Å². The van der Waals surface area contributed by atoms with Gasteiger partial charge >= 0.3 is 5.97 Å². The van der Waals surface area contributed by atoms with Crippen molar-refractivity contribution in [3.63, 3.8) is 0 Å². The molecule has 13 heteroatoms. The molecule has 0 fully saturated rings. The molecule has 1 aliphatic rings. The Labute approximate surface area is 271 Å². The van der Waals surface area contributed by atoms with E-state index in [0.717, 1.165) is 16.9 Å². The number of benzene rings is 3. The maximum atomic E-state index is 14.0. The van der Waals surface area contributed by atoms with Gasteiger partial charge in [0.25, 0.3) is 11.2 Å². The van der Waals surface area contributed by atoms with Gasteiger partial charge in [0.1, 0.15) is 6.61 Å². The molecule has 2 heterocycles. The van der Waals surface area contributed by atoms with Crippen LogP contribution >= 0.6 is 34.5 Å². The molecule has 3 aromatic carbocycles. The molecule has 0 saturated heterocycles. The lowest BCUT2D eigenvalue weighted by Gasteiger charge is -2.24. The summed E-state index contributed by atoms with van der Waals surface area (Å²) in [5, 5.41) is 12.6. The van der Waals surface area contributed by atoms with Crippen molar-refractivity contribution in [2.45, 2.75) is 33.4 Å². The van der Waals surface area contributed by atoms with Crippen LogP contribution in [0.1, 0.15) is 42.1 Å². The number of fused-ring (bicyclic) bond motifs is 1. The highest BCUT2D eigenvalue weighted by molar-refractivity contribution is 7.07. The predicted molar refractivity (Wildman–Crippen MR) is 172 cm³/mol. The van der Waals surface area contributed by atoms with E-state index in [9.17, 15) is 19.7 Å². The second-order valence-corrected chi connectivity index (χ2v) is 11.9. The Kier molecular flexibility index (Phi) is 9.42. The molecule has 0 spiro atoms. The Hall–Kier alpha value is -4.45. The number of carbonyl (C=O) groups excluding carboxylic acids is 1. The van der Waals surface area contributed by atoms with Crippen LogP contribution in [-0.4, -0.2) is 29.2 Å². The number of nitrogens with zero attached hydrogens (tertiary/aromatic N) is 3. The Morgan fingerprint density at radius 1 is 1.13 bits per heavy atom. The Morgan fingerprint density at radius 3 is 2.53 bits per heavy atom. The summed E-state index contributed by atoms with van der Waals surface area (Å²) in [6.07, 6.45) is 1.64. The number of allylic oxidation sites excluding steroid dienone is 1. The molecular formula is C32H27Cl2N3O7S. The number of hydrogen-bond donors (Lipinski definition) is 0.